The van der Waals surface area contributed by atoms with E-state index in [1.54, 1.807) is 12.3 Å². The van der Waals surface area contributed by atoms with Gasteiger partial charge in [0.15, 0.2) is 15.7 Å². The van der Waals surface area contributed by atoms with Crippen LogP contribution in [0.4, 0.5) is 10.6 Å². The SMILES string of the molecule is C=C(C)Nc1ccn(C(=O)N2CCN(Cc3cc(C)cc(OC4CCS(=O)(=O)CC4)c3)CC2)n1. The Kier molecular flexibility index (Phi) is 7.27. The minimum absolute atomic E-state index is 0.0545. The molecule has 9 nitrogen and oxygen atoms in total. The molecule has 0 radical (unpaired) electrons. The van der Waals surface area contributed by atoms with Crippen LogP contribution in [-0.2, 0) is 16.4 Å². The minimum Gasteiger partial charge on any atom is -0.490 e. The van der Waals surface area contributed by atoms with Crippen molar-refractivity contribution in [1.82, 2.24) is 19.6 Å². The molecule has 184 valence electrons. The van der Waals surface area contributed by atoms with Crippen molar-refractivity contribution in [2.45, 2.75) is 39.3 Å². The first-order valence-corrected chi connectivity index (χ1v) is 13.5. The van der Waals surface area contributed by atoms with Crippen LogP contribution in [0.25, 0.3) is 0 Å². The van der Waals surface area contributed by atoms with Crippen molar-refractivity contribution in [3.05, 3.63) is 53.9 Å². The number of hydrogen-bond donors (Lipinski definition) is 1. The molecule has 0 saturated carbocycles. The molecule has 0 unspecified atom stereocenters. The van der Waals surface area contributed by atoms with Crippen LogP contribution < -0.4 is 10.1 Å². The van der Waals surface area contributed by atoms with Gasteiger partial charge in [0.05, 0.1) is 11.5 Å². The number of nitrogens with one attached hydrogen (secondary N) is 1. The third-order valence-electron chi connectivity index (χ3n) is 6.09. The average molecular weight is 488 g/mol. The van der Waals surface area contributed by atoms with Crippen LogP contribution in [0, 0.1) is 6.92 Å². The van der Waals surface area contributed by atoms with Gasteiger partial charge in [0, 0.05) is 50.7 Å². The van der Waals surface area contributed by atoms with Gasteiger partial charge in [0.25, 0.3) is 0 Å². The summed E-state index contributed by atoms with van der Waals surface area (Å²) in [4.78, 5) is 16.9. The van der Waals surface area contributed by atoms with Crippen molar-refractivity contribution in [2.24, 2.45) is 0 Å². The summed E-state index contributed by atoms with van der Waals surface area (Å²) in [5.41, 5.74) is 3.03. The number of rotatable bonds is 6. The summed E-state index contributed by atoms with van der Waals surface area (Å²) in [6, 6.07) is 7.83. The third-order valence-corrected chi connectivity index (χ3v) is 7.81. The number of benzene rings is 1. The molecular weight excluding hydrogens is 454 g/mol. The molecule has 0 bridgehead atoms. The summed E-state index contributed by atoms with van der Waals surface area (Å²) in [6.45, 7) is 11.3. The Morgan fingerprint density at radius 1 is 1.18 bits per heavy atom. The quantitative estimate of drug-likeness (QED) is 0.669. The molecule has 10 heteroatoms. The average Bonchev–Trinajstić information content (AvgIpc) is 3.23. The van der Waals surface area contributed by atoms with Crippen LogP contribution in [0.3, 0.4) is 0 Å². The molecule has 2 saturated heterocycles. The van der Waals surface area contributed by atoms with Gasteiger partial charge < -0.3 is 15.0 Å². The number of ether oxygens (including phenoxy) is 1. The Morgan fingerprint density at radius 3 is 2.56 bits per heavy atom. The number of anilines is 1. The second-order valence-corrected chi connectivity index (χ2v) is 11.5. The van der Waals surface area contributed by atoms with Gasteiger partial charge in [-0.1, -0.05) is 12.6 Å². The van der Waals surface area contributed by atoms with Gasteiger partial charge in [0.2, 0.25) is 0 Å². The van der Waals surface area contributed by atoms with Crippen LogP contribution >= 0.6 is 0 Å². The molecule has 2 aliphatic heterocycles. The van der Waals surface area contributed by atoms with E-state index in [1.807, 2.05) is 30.9 Å². The summed E-state index contributed by atoms with van der Waals surface area (Å²) < 4.78 is 30.8. The van der Waals surface area contributed by atoms with E-state index in [2.05, 4.69) is 28.0 Å². The molecule has 1 amide bonds. The zero-order valence-electron chi connectivity index (χ0n) is 19.9. The van der Waals surface area contributed by atoms with Gasteiger partial charge >= 0.3 is 6.03 Å². The molecular formula is C24H33N5O4S. The van der Waals surface area contributed by atoms with Crippen LogP contribution in [0.1, 0.15) is 30.9 Å². The standard InChI is InChI=1S/C24H33N5O4S/c1-18(2)25-23-4-7-29(26-23)24(30)28-10-8-27(9-11-28)17-20-14-19(3)15-22(16-20)33-21-5-12-34(31,32)13-6-21/h4,7,14-16,21H,1,5-6,8-13,17H2,2-3H3,(H,25,26). The normalized spacial score (nSPS) is 19.1. The first-order valence-electron chi connectivity index (χ1n) is 11.6. The molecule has 4 rings (SSSR count). The van der Waals surface area contributed by atoms with Gasteiger partial charge in [-0.3, -0.25) is 4.90 Å². The highest BCUT2D eigenvalue weighted by molar-refractivity contribution is 7.91. The molecule has 1 N–H and O–H groups in total. The van der Waals surface area contributed by atoms with E-state index in [4.69, 9.17) is 4.74 Å². The number of carbonyl (C=O) groups is 1. The van der Waals surface area contributed by atoms with Gasteiger partial charge in [-0.25, -0.2) is 13.2 Å². The molecule has 0 atom stereocenters. The Labute approximate surface area is 201 Å². The van der Waals surface area contributed by atoms with Crippen LogP contribution in [-0.4, -0.2) is 77.8 Å². The molecule has 3 heterocycles. The zero-order valence-corrected chi connectivity index (χ0v) is 20.7. The lowest BCUT2D eigenvalue weighted by atomic mass is 10.1. The number of allylic oxidation sites excluding steroid dienone is 1. The van der Waals surface area contributed by atoms with Gasteiger partial charge in [0.1, 0.15) is 11.9 Å². The van der Waals surface area contributed by atoms with E-state index in [0.29, 0.717) is 31.7 Å². The molecule has 0 aliphatic carbocycles. The molecule has 1 aromatic carbocycles. The highest BCUT2D eigenvalue weighted by Gasteiger charge is 2.26. The highest BCUT2D eigenvalue weighted by atomic mass is 32.2. The number of piperazine rings is 1. The zero-order chi connectivity index (χ0) is 24.3. The number of hydrogen-bond acceptors (Lipinski definition) is 7. The Morgan fingerprint density at radius 2 is 1.88 bits per heavy atom. The van der Waals surface area contributed by atoms with E-state index in [-0.39, 0.29) is 23.6 Å². The van der Waals surface area contributed by atoms with E-state index in [1.165, 1.54) is 4.68 Å². The van der Waals surface area contributed by atoms with E-state index >= 15 is 0 Å². The summed E-state index contributed by atoms with van der Waals surface area (Å²) in [6.07, 6.45) is 2.70. The molecule has 34 heavy (non-hydrogen) atoms. The molecule has 2 aliphatic rings. The summed E-state index contributed by atoms with van der Waals surface area (Å²) in [5.74, 6) is 1.80. The molecule has 2 aromatic rings. The molecule has 1 aromatic heterocycles. The third kappa shape index (κ3) is 6.38. The second kappa shape index (κ2) is 10.2. The van der Waals surface area contributed by atoms with E-state index in [0.717, 1.165) is 42.2 Å². The fourth-order valence-corrected chi connectivity index (χ4v) is 5.83. The lowest BCUT2D eigenvalue weighted by Gasteiger charge is -2.34. The Balaban J connectivity index is 1.30. The number of aryl methyl sites for hydroxylation is 1. The van der Waals surface area contributed by atoms with Crippen molar-refractivity contribution in [1.29, 1.82) is 0 Å². The van der Waals surface area contributed by atoms with E-state index in [9.17, 15) is 13.2 Å². The number of nitrogens with zero attached hydrogens (tertiary/aromatic N) is 4. The Hall–Kier alpha value is -2.85. The topological polar surface area (TPSA) is 96.8 Å². The lowest BCUT2D eigenvalue weighted by molar-refractivity contribution is 0.134. The number of sulfone groups is 1. The fourth-order valence-electron chi connectivity index (χ4n) is 4.38. The number of aromatic nitrogens is 2. The summed E-state index contributed by atoms with van der Waals surface area (Å²) in [7, 11) is -2.90. The molecule has 2 fully saturated rings. The smallest absolute Gasteiger partial charge is 0.344 e. The highest BCUT2D eigenvalue weighted by Crippen LogP contribution is 2.24. The minimum atomic E-state index is -2.90. The fraction of sp³-hybridized carbons (Fsp3) is 0.500. The maximum atomic E-state index is 12.8. The predicted molar refractivity (Wildman–Crippen MR) is 132 cm³/mol. The number of amides is 1. The second-order valence-electron chi connectivity index (χ2n) is 9.22. The largest absolute Gasteiger partial charge is 0.490 e. The molecule has 0 spiro atoms. The van der Waals surface area contributed by atoms with Crippen molar-refractivity contribution < 1.29 is 17.9 Å². The lowest BCUT2D eigenvalue weighted by Crippen LogP contribution is -2.49. The first-order chi connectivity index (χ1) is 16.2. The van der Waals surface area contributed by atoms with Crippen molar-refractivity contribution >= 4 is 21.7 Å². The van der Waals surface area contributed by atoms with Gasteiger partial charge in [-0.15, -0.1) is 5.10 Å². The summed E-state index contributed by atoms with van der Waals surface area (Å²) in [5, 5.41) is 7.29. The van der Waals surface area contributed by atoms with Crippen LogP contribution in [0.5, 0.6) is 5.75 Å². The Bertz CT molecular complexity index is 1140. The predicted octanol–water partition coefficient (Wildman–Crippen LogP) is 2.88. The first kappa shape index (κ1) is 24.3. The summed E-state index contributed by atoms with van der Waals surface area (Å²) >= 11 is 0. The van der Waals surface area contributed by atoms with Gasteiger partial charge in [-0.2, -0.15) is 4.68 Å². The van der Waals surface area contributed by atoms with Crippen molar-refractivity contribution in [3.63, 3.8) is 0 Å². The maximum Gasteiger partial charge on any atom is 0.344 e. The van der Waals surface area contributed by atoms with E-state index < -0.39 is 9.84 Å². The van der Waals surface area contributed by atoms with Crippen LogP contribution in [0.2, 0.25) is 0 Å². The number of carbonyl (C=O) groups excluding carboxylic acids is 1. The van der Waals surface area contributed by atoms with Crippen molar-refractivity contribution in [2.75, 3.05) is 43.0 Å². The van der Waals surface area contributed by atoms with Crippen molar-refractivity contribution in [3.8, 4) is 5.75 Å². The maximum absolute atomic E-state index is 12.8. The monoisotopic (exact) mass is 487 g/mol. The van der Waals surface area contributed by atoms with Gasteiger partial charge in [-0.05, 0) is 49.9 Å². The van der Waals surface area contributed by atoms with Crippen LogP contribution in [0.15, 0.2) is 42.7 Å².